The fraction of sp³-hybridized carbons (Fsp3) is 0.133. The van der Waals surface area contributed by atoms with Crippen LogP contribution < -0.4 is 4.74 Å². The van der Waals surface area contributed by atoms with E-state index in [9.17, 15) is 35.5 Å². The number of halogens is 7. The van der Waals surface area contributed by atoms with Crippen molar-refractivity contribution in [3.05, 3.63) is 53.3 Å². The third kappa shape index (κ3) is 4.03. The van der Waals surface area contributed by atoms with E-state index in [1.54, 1.807) is 0 Å². The molecule has 0 spiro atoms. The van der Waals surface area contributed by atoms with Crippen LogP contribution in [-0.4, -0.2) is 12.6 Å². The second-order valence-electron chi connectivity index (χ2n) is 4.62. The SMILES string of the molecule is O=Cc1cc(OC(F)(F)F)cc(-c2cccc(C(F)(F)F)c2F)c1. The second kappa shape index (κ2) is 6.14. The van der Waals surface area contributed by atoms with E-state index in [0.717, 1.165) is 24.3 Å². The summed E-state index contributed by atoms with van der Waals surface area (Å²) in [5.41, 5.74) is -2.86. The first-order valence-electron chi connectivity index (χ1n) is 6.23. The van der Waals surface area contributed by atoms with E-state index in [2.05, 4.69) is 4.74 Å². The van der Waals surface area contributed by atoms with E-state index >= 15 is 0 Å². The zero-order valence-corrected chi connectivity index (χ0v) is 11.5. The molecule has 0 saturated heterocycles. The molecular weight excluding hydrogens is 345 g/mol. The van der Waals surface area contributed by atoms with Gasteiger partial charge in [0, 0.05) is 11.1 Å². The Morgan fingerprint density at radius 2 is 1.62 bits per heavy atom. The van der Waals surface area contributed by atoms with Crippen LogP contribution in [-0.2, 0) is 6.18 Å². The number of benzene rings is 2. The van der Waals surface area contributed by atoms with Gasteiger partial charge in [-0.15, -0.1) is 13.2 Å². The van der Waals surface area contributed by atoms with Crippen molar-refractivity contribution in [1.29, 1.82) is 0 Å². The monoisotopic (exact) mass is 352 g/mol. The van der Waals surface area contributed by atoms with Gasteiger partial charge in [-0.2, -0.15) is 13.2 Å². The van der Waals surface area contributed by atoms with Crippen molar-refractivity contribution in [1.82, 2.24) is 0 Å². The molecule has 128 valence electrons. The first kappa shape index (κ1) is 17.8. The number of carbonyl (C=O) groups excluding carboxylic acids is 1. The average molecular weight is 352 g/mol. The van der Waals surface area contributed by atoms with E-state index in [1.165, 1.54) is 0 Å². The molecule has 9 heteroatoms. The minimum Gasteiger partial charge on any atom is -0.406 e. The number of carbonyl (C=O) groups is 1. The summed E-state index contributed by atoms with van der Waals surface area (Å²) in [6.07, 6.45) is -9.89. The third-order valence-corrected chi connectivity index (χ3v) is 2.91. The van der Waals surface area contributed by atoms with Gasteiger partial charge in [0.1, 0.15) is 17.9 Å². The standard InChI is InChI=1S/C15H7F7O2/c16-13-11(2-1-3-12(13)14(17,18)19)9-4-8(7-23)5-10(6-9)24-15(20,21)22/h1-7H. The molecule has 0 aliphatic rings. The molecule has 0 aliphatic carbocycles. The molecular formula is C15H7F7O2. The Bertz CT molecular complexity index is 763. The van der Waals surface area contributed by atoms with Gasteiger partial charge in [-0.25, -0.2) is 4.39 Å². The van der Waals surface area contributed by atoms with Crippen LogP contribution in [0.3, 0.4) is 0 Å². The van der Waals surface area contributed by atoms with Gasteiger partial charge in [0.25, 0.3) is 0 Å². The van der Waals surface area contributed by atoms with Gasteiger partial charge in [0.15, 0.2) is 0 Å². The summed E-state index contributed by atoms with van der Waals surface area (Å²) in [6, 6.07) is 4.73. The van der Waals surface area contributed by atoms with Gasteiger partial charge in [-0.3, -0.25) is 4.79 Å². The maximum atomic E-state index is 14.1. The van der Waals surface area contributed by atoms with Gasteiger partial charge >= 0.3 is 12.5 Å². The van der Waals surface area contributed by atoms with E-state index in [1.807, 2.05) is 0 Å². The molecule has 0 heterocycles. The molecule has 0 aliphatic heterocycles. The Labute approximate surface area is 130 Å². The second-order valence-corrected chi connectivity index (χ2v) is 4.62. The lowest BCUT2D eigenvalue weighted by atomic mass is 9.99. The Hall–Kier alpha value is -2.58. The van der Waals surface area contributed by atoms with Crippen molar-refractivity contribution in [3.8, 4) is 16.9 Å². The molecule has 0 atom stereocenters. The number of alkyl halides is 6. The quantitative estimate of drug-likeness (QED) is 0.559. The molecule has 0 amide bonds. The Morgan fingerprint density at radius 1 is 0.958 bits per heavy atom. The highest BCUT2D eigenvalue weighted by Crippen LogP contribution is 2.37. The molecule has 2 rings (SSSR count). The van der Waals surface area contributed by atoms with Crippen molar-refractivity contribution in [2.24, 2.45) is 0 Å². The molecule has 0 radical (unpaired) electrons. The minimum absolute atomic E-state index is 0.165. The van der Waals surface area contributed by atoms with Crippen LogP contribution in [0.1, 0.15) is 15.9 Å². The lowest BCUT2D eigenvalue weighted by Crippen LogP contribution is -2.17. The highest BCUT2D eigenvalue weighted by Gasteiger charge is 2.35. The first-order valence-corrected chi connectivity index (χ1v) is 6.23. The third-order valence-electron chi connectivity index (χ3n) is 2.91. The van der Waals surface area contributed by atoms with E-state index in [-0.39, 0.29) is 17.4 Å². The Kier molecular flexibility index (Phi) is 4.54. The predicted molar refractivity (Wildman–Crippen MR) is 68.9 cm³/mol. The normalized spacial score (nSPS) is 12.1. The van der Waals surface area contributed by atoms with E-state index < -0.39 is 35.2 Å². The van der Waals surface area contributed by atoms with Crippen LogP contribution in [0.15, 0.2) is 36.4 Å². The maximum Gasteiger partial charge on any atom is 0.573 e. The van der Waals surface area contributed by atoms with Gasteiger partial charge in [-0.1, -0.05) is 12.1 Å². The van der Waals surface area contributed by atoms with Crippen molar-refractivity contribution >= 4 is 6.29 Å². The van der Waals surface area contributed by atoms with Crippen LogP contribution in [0, 0.1) is 5.82 Å². The summed E-state index contributed by atoms with van der Waals surface area (Å²) in [4.78, 5) is 10.8. The minimum atomic E-state index is -5.08. The number of aldehydes is 1. The Balaban J connectivity index is 2.60. The van der Waals surface area contributed by atoms with Gasteiger partial charge in [0.05, 0.1) is 5.56 Å². The average Bonchev–Trinajstić information content (AvgIpc) is 2.44. The number of rotatable bonds is 3. The van der Waals surface area contributed by atoms with Crippen molar-refractivity contribution in [3.63, 3.8) is 0 Å². The first-order chi connectivity index (χ1) is 11.0. The summed E-state index contributed by atoms with van der Waals surface area (Å²) in [6.45, 7) is 0. The van der Waals surface area contributed by atoms with Gasteiger partial charge < -0.3 is 4.74 Å². The molecule has 0 fully saturated rings. The molecule has 0 unspecified atom stereocenters. The zero-order valence-electron chi connectivity index (χ0n) is 11.5. The Morgan fingerprint density at radius 3 is 2.17 bits per heavy atom. The fourth-order valence-corrected chi connectivity index (χ4v) is 2.01. The fourth-order valence-electron chi connectivity index (χ4n) is 2.01. The molecule has 0 aromatic heterocycles. The summed E-state index contributed by atoms with van der Waals surface area (Å²) < 4.78 is 92.7. The van der Waals surface area contributed by atoms with Crippen molar-refractivity contribution in [2.45, 2.75) is 12.5 Å². The topological polar surface area (TPSA) is 26.3 Å². The maximum absolute atomic E-state index is 14.1. The highest BCUT2D eigenvalue weighted by molar-refractivity contribution is 5.80. The molecule has 24 heavy (non-hydrogen) atoms. The van der Waals surface area contributed by atoms with E-state index in [4.69, 9.17) is 0 Å². The lowest BCUT2D eigenvalue weighted by molar-refractivity contribution is -0.274. The predicted octanol–water partition coefficient (Wildman–Crippen LogP) is 5.22. The molecule has 2 nitrogen and oxygen atoms in total. The molecule has 2 aromatic carbocycles. The summed E-state index contributed by atoms with van der Waals surface area (Å²) in [7, 11) is 0. The van der Waals surface area contributed by atoms with Crippen molar-refractivity contribution in [2.75, 3.05) is 0 Å². The van der Waals surface area contributed by atoms with Crippen LogP contribution in [0.4, 0.5) is 30.7 Å². The zero-order chi connectivity index (χ0) is 18.1. The number of hydrogen-bond donors (Lipinski definition) is 0. The van der Waals surface area contributed by atoms with Crippen LogP contribution in [0.5, 0.6) is 5.75 Å². The smallest absolute Gasteiger partial charge is 0.406 e. The highest BCUT2D eigenvalue weighted by atomic mass is 19.4. The summed E-state index contributed by atoms with van der Waals surface area (Å²) in [5, 5.41) is 0. The molecule has 0 N–H and O–H groups in total. The van der Waals surface area contributed by atoms with Crippen molar-refractivity contribution < 1.29 is 40.3 Å². The molecule has 0 bridgehead atoms. The van der Waals surface area contributed by atoms with Crippen LogP contribution in [0.25, 0.3) is 11.1 Å². The number of ether oxygens (including phenoxy) is 1. The summed E-state index contributed by atoms with van der Waals surface area (Å²) in [5.74, 6) is -2.51. The largest absolute Gasteiger partial charge is 0.573 e. The summed E-state index contributed by atoms with van der Waals surface area (Å²) >= 11 is 0. The lowest BCUT2D eigenvalue weighted by Gasteiger charge is -2.14. The van der Waals surface area contributed by atoms with E-state index in [0.29, 0.717) is 12.1 Å². The van der Waals surface area contributed by atoms with Gasteiger partial charge in [0.2, 0.25) is 0 Å². The molecule has 0 saturated carbocycles. The number of hydrogen-bond acceptors (Lipinski definition) is 2. The van der Waals surface area contributed by atoms with Gasteiger partial charge in [-0.05, 0) is 29.8 Å². The molecule has 2 aromatic rings. The van der Waals surface area contributed by atoms with Crippen LogP contribution >= 0.6 is 0 Å². The van der Waals surface area contributed by atoms with Crippen LogP contribution in [0.2, 0.25) is 0 Å².